The summed E-state index contributed by atoms with van der Waals surface area (Å²) in [6, 6.07) is 10.7. The van der Waals surface area contributed by atoms with Gasteiger partial charge in [0, 0.05) is 29.2 Å². The molecule has 1 aromatic carbocycles. The van der Waals surface area contributed by atoms with E-state index in [0.717, 1.165) is 17.9 Å². The van der Waals surface area contributed by atoms with Crippen molar-refractivity contribution in [2.24, 2.45) is 0 Å². The second-order valence-electron chi connectivity index (χ2n) is 5.13. The molecule has 2 heterocycles. The van der Waals surface area contributed by atoms with Crippen LogP contribution in [0.4, 0.5) is 0 Å². The van der Waals surface area contributed by atoms with Crippen molar-refractivity contribution in [3.63, 3.8) is 0 Å². The van der Waals surface area contributed by atoms with E-state index in [1.165, 1.54) is 22.5 Å². The van der Waals surface area contributed by atoms with Crippen LogP contribution in [0.25, 0.3) is 0 Å². The van der Waals surface area contributed by atoms with Gasteiger partial charge in [0.05, 0.1) is 5.75 Å². The number of rotatable bonds is 2. The van der Waals surface area contributed by atoms with Gasteiger partial charge in [0.2, 0.25) is 0 Å². The number of ketones is 1. The largest absolute Gasteiger partial charge is 0.343 e. The maximum atomic E-state index is 11.9. The Kier molecular flexibility index (Phi) is 3.23. The van der Waals surface area contributed by atoms with Crippen LogP contribution in [0.2, 0.25) is 0 Å². The van der Waals surface area contributed by atoms with Crippen molar-refractivity contribution in [2.75, 3.05) is 5.75 Å². The van der Waals surface area contributed by atoms with Crippen LogP contribution >= 0.6 is 11.8 Å². The van der Waals surface area contributed by atoms with E-state index in [1.54, 1.807) is 11.8 Å². The lowest BCUT2D eigenvalue weighted by molar-refractivity contribution is 0.102. The number of fused-ring (bicyclic) bond motifs is 1. The van der Waals surface area contributed by atoms with Gasteiger partial charge in [0.25, 0.3) is 0 Å². The van der Waals surface area contributed by atoms with E-state index in [1.807, 2.05) is 6.07 Å². The molecule has 0 saturated heterocycles. The minimum Gasteiger partial charge on any atom is -0.343 e. The quantitative estimate of drug-likeness (QED) is 0.833. The van der Waals surface area contributed by atoms with Crippen LogP contribution in [0.5, 0.6) is 0 Å². The fourth-order valence-electron chi connectivity index (χ4n) is 2.54. The summed E-state index contributed by atoms with van der Waals surface area (Å²) in [5.74, 6) is 1.85. The van der Waals surface area contributed by atoms with E-state index in [0.29, 0.717) is 5.75 Å². The molecule has 0 N–H and O–H groups in total. The maximum absolute atomic E-state index is 11.9. The first-order valence-electron chi connectivity index (χ1n) is 6.50. The number of Topliss-reactive ketones (excluding diaryl/α,β-unsaturated/α-hetero) is 1. The number of nitrogens with zero attached hydrogens (tertiary/aromatic N) is 1. The monoisotopic (exact) mass is 271 g/mol. The van der Waals surface area contributed by atoms with E-state index in [2.05, 4.69) is 42.7 Å². The average molecular weight is 271 g/mol. The number of hydrogen-bond donors (Lipinski definition) is 0. The summed E-state index contributed by atoms with van der Waals surface area (Å²) in [5, 5.41) is 0. The first-order valence-corrected chi connectivity index (χ1v) is 7.66. The van der Waals surface area contributed by atoms with Crippen LogP contribution in [0.1, 0.15) is 32.9 Å². The Labute approximate surface area is 117 Å². The molecular weight excluding hydrogens is 254 g/mol. The molecule has 0 amide bonds. The predicted octanol–water partition coefficient (Wildman–Crippen LogP) is 3.58. The summed E-state index contributed by atoms with van der Waals surface area (Å²) in [5.41, 5.74) is 5.87. The molecule has 0 atom stereocenters. The van der Waals surface area contributed by atoms with Crippen LogP contribution in [-0.4, -0.2) is 16.1 Å². The fourth-order valence-corrected chi connectivity index (χ4v) is 3.49. The molecule has 0 saturated carbocycles. The summed E-state index contributed by atoms with van der Waals surface area (Å²) in [4.78, 5) is 11.9. The van der Waals surface area contributed by atoms with Gasteiger partial charge < -0.3 is 4.57 Å². The Hall–Kier alpha value is -1.48. The number of thioether (sulfide) groups is 1. The molecule has 0 spiro atoms. The highest BCUT2D eigenvalue weighted by atomic mass is 32.2. The Balaban J connectivity index is 1.97. The van der Waals surface area contributed by atoms with Gasteiger partial charge >= 0.3 is 0 Å². The van der Waals surface area contributed by atoms with Gasteiger partial charge in [-0.05, 0) is 25.5 Å². The molecule has 1 aliphatic heterocycles. The van der Waals surface area contributed by atoms with Gasteiger partial charge in [0.15, 0.2) is 5.78 Å². The van der Waals surface area contributed by atoms with Crippen molar-refractivity contribution in [3.8, 4) is 0 Å². The van der Waals surface area contributed by atoms with Crippen molar-refractivity contribution in [1.29, 1.82) is 0 Å². The second-order valence-corrected chi connectivity index (χ2v) is 6.12. The summed E-state index contributed by atoms with van der Waals surface area (Å²) in [7, 11) is 0. The van der Waals surface area contributed by atoms with Crippen LogP contribution in [0.3, 0.4) is 0 Å². The van der Waals surface area contributed by atoms with Crippen LogP contribution in [0.15, 0.2) is 30.3 Å². The number of aromatic nitrogens is 1. The molecule has 2 aromatic rings. The zero-order valence-electron chi connectivity index (χ0n) is 11.3. The number of aryl methyl sites for hydroxylation is 2. The highest BCUT2D eigenvalue weighted by molar-refractivity contribution is 7.99. The van der Waals surface area contributed by atoms with Crippen molar-refractivity contribution in [1.82, 2.24) is 4.57 Å². The average Bonchev–Trinajstić information content (AvgIpc) is 2.71. The molecule has 98 valence electrons. The molecule has 0 aliphatic carbocycles. The molecule has 0 unspecified atom stereocenters. The van der Waals surface area contributed by atoms with E-state index in [9.17, 15) is 4.79 Å². The highest BCUT2D eigenvalue weighted by Crippen LogP contribution is 2.28. The lowest BCUT2D eigenvalue weighted by atomic mass is 10.1. The number of hydrogen-bond acceptors (Lipinski definition) is 2. The van der Waals surface area contributed by atoms with Gasteiger partial charge in [-0.25, -0.2) is 0 Å². The second kappa shape index (κ2) is 4.89. The number of benzene rings is 1. The Morgan fingerprint density at radius 3 is 2.63 bits per heavy atom. The van der Waals surface area contributed by atoms with E-state index < -0.39 is 0 Å². The minimum atomic E-state index is 0.275. The van der Waals surface area contributed by atoms with E-state index in [4.69, 9.17) is 0 Å². The van der Waals surface area contributed by atoms with Crippen LogP contribution < -0.4 is 0 Å². The van der Waals surface area contributed by atoms with Crippen LogP contribution in [-0.2, 0) is 12.3 Å². The van der Waals surface area contributed by atoms with Gasteiger partial charge in [-0.2, -0.15) is 0 Å². The van der Waals surface area contributed by atoms with E-state index in [-0.39, 0.29) is 5.78 Å². The van der Waals surface area contributed by atoms with Gasteiger partial charge in [-0.1, -0.05) is 29.8 Å². The van der Waals surface area contributed by atoms with Crippen molar-refractivity contribution < 1.29 is 4.79 Å². The standard InChI is InChI=1S/C16H17NOS/c1-11-3-5-13(6-4-11)8-17-12(2)7-14-15(17)9-19-10-16(14)18/h3-7H,8-10H2,1-2H3. The molecule has 2 nitrogen and oxygen atoms in total. The predicted molar refractivity (Wildman–Crippen MR) is 79.9 cm³/mol. The van der Waals surface area contributed by atoms with Gasteiger partial charge in [-0.15, -0.1) is 11.8 Å². The third-order valence-corrected chi connectivity index (χ3v) is 4.59. The molecule has 0 bridgehead atoms. The van der Waals surface area contributed by atoms with Crippen molar-refractivity contribution >= 4 is 17.5 Å². The molecule has 3 heteroatoms. The van der Waals surface area contributed by atoms with Gasteiger partial charge in [0.1, 0.15) is 0 Å². The molecule has 1 aliphatic rings. The smallest absolute Gasteiger partial charge is 0.174 e. The lowest BCUT2D eigenvalue weighted by Crippen LogP contribution is -2.14. The van der Waals surface area contributed by atoms with Crippen molar-refractivity contribution in [3.05, 3.63) is 58.4 Å². The summed E-state index contributed by atoms with van der Waals surface area (Å²) < 4.78 is 2.28. The Morgan fingerprint density at radius 1 is 1.16 bits per heavy atom. The molecular formula is C16H17NOS. The molecule has 19 heavy (non-hydrogen) atoms. The van der Waals surface area contributed by atoms with E-state index >= 15 is 0 Å². The maximum Gasteiger partial charge on any atom is 0.174 e. The first-order chi connectivity index (χ1) is 9.15. The topological polar surface area (TPSA) is 22.0 Å². The SMILES string of the molecule is Cc1ccc(Cn2c(C)cc3c2CSCC3=O)cc1. The highest BCUT2D eigenvalue weighted by Gasteiger charge is 2.22. The summed E-state index contributed by atoms with van der Waals surface area (Å²) in [6.45, 7) is 5.04. The third-order valence-electron chi connectivity index (χ3n) is 3.65. The number of carbonyl (C=O) groups is 1. The minimum absolute atomic E-state index is 0.275. The van der Waals surface area contributed by atoms with Crippen LogP contribution in [0, 0.1) is 13.8 Å². The zero-order chi connectivity index (χ0) is 13.4. The summed E-state index contributed by atoms with van der Waals surface area (Å²) >= 11 is 1.72. The normalized spacial score (nSPS) is 14.5. The molecule has 0 fully saturated rings. The molecule has 3 rings (SSSR count). The Morgan fingerprint density at radius 2 is 1.89 bits per heavy atom. The van der Waals surface area contributed by atoms with Crippen molar-refractivity contribution in [2.45, 2.75) is 26.1 Å². The first kappa shape index (κ1) is 12.5. The fraction of sp³-hybridized carbons (Fsp3) is 0.312. The number of carbonyl (C=O) groups excluding carboxylic acids is 1. The summed E-state index contributed by atoms with van der Waals surface area (Å²) in [6.07, 6.45) is 0. The third kappa shape index (κ3) is 2.35. The molecule has 1 aromatic heterocycles. The molecule has 0 radical (unpaired) electrons. The van der Waals surface area contributed by atoms with Gasteiger partial charge in [-0.3, -0.25) is 4.79 Å². The Bertz CT molecular complexity index is 625. The zero-order valence-corrected chi connectivity index (χ0v) is 12.1. The lowest BCUT2D eigenvalue weighted by Gasteiger charge is -2.16.